The lowest BCUT2D eigenvalue weighted by molar-refractivity contribution is -0.120. The molecule has 0 amide bonds. The Labute approximate surface area is 129 Å². The van der Waals surface area contributed by atoms with Gasteiger partial charge in [-0.05, 0) is 25.0 Å². The van der Waals surface area contributed by atoms with Crippen LogP contribution in [0.1, 0.15) is 18.4 Å². The smallest absolute Gasteiger partial charge is 0.344 e. The molecule has 1 aliphatic rings. The van der Waals surface area contributed by atoms with Crippen LogP contribution in [0.4, 0.5) is 19.0 Å². The van der Waals surface area contributed by atoms with Crippen molar-refractivity contribution in [1.29, 1.82) is 0 Å². The highest BCUT2D eigenvalue weighted by atomic mass is 79.9. The maximum atomic E-state index is 12.8. The zero-order valence-electron chi connectivity index (χ0n) is 11.2. The van der Waals surface area contributed by atoms with Crippen molar-refractivity contribution in [3.8, 4) is 0 Å². The number of anilines is 1. The Morgan fingerprint density at radius 1 is 1.24 bits per heavy atom. The molecule has 21 heavy (non-hydrogen) atoms. The standard InChI is InChI=1S/C15H14BrF3N2/c16-8-11-7-10-3-1-2-4-13(10)20-14(11)21(12-5-6-12)9-15(17,18)19/h1-4,7,12H,5-6,8-9H2. The second-order valence-corrected chi connectivity index (χ2v) is 5.83. The molecule has 0 saturated heterocycles. The van der Waals surface area contributed by atoms with E-state index in [1.165, 1.54) is 4.90 Å². The molecule has 0 radical (unpaired) electrons. The fraction of sp³-hybridized carbons (Fsp3) is 0.400. The second kappa shape index (κ2) is 5.48. The maximum Gasteiger partial charge on any atom is 0.405 e. The van der Waals surface area contributed by atoms with Gasteiger partial charge in [-0.15, -0.1) is 0 Å². The Kier molecular flexibility index (Phi) is 3.82. The number of fused-ring (bicyclic) bond motifs is 1. The quantitative estimate of drug-likeness (QED) is 0.738. The highest BCUT2D eigenvalue weighted by Gasteiger charge is 2.39. The minimum Gasteiger partial charge on any atom is -0.344 e. The normalized spacial score (nSPS) is 15.4. The Morgan fingerprint density at radius 2 is 1.95 bits per heavy atom. The minimum atomic E-state index is -4.22. The molecule has 1 aromatic carbocycles. The van der Waals surface area contributed by atoms with Gasteiger partial charge in [-0.25, -0.2) is 4.98 Å². The van der Waals surface area contributed by atoms with Crippen molar-refractivity contribution < 1.29 is 13.2 Å². The molecule has 1 aromatic heterocycles. The number of pyridine rings is 1. The summed E-state index contributed by atoms with van der Waals surface area (Å²) in [6.45, 7) is -0.941. The number of nitrogens with zero attached hydrogens (tertiary/aromatic N) is 2. The molecule has 3 rings (SSSR count). The number of alkyl halides is 4. The Balaban J connectivity index is 2.07. The summed E-state index contributed by atoms with van der Waals surface area (Å²) in [5.74, 6) is 0.449. The van der Waals surface area contributed by atoms with Crippen molar-refractivity contribution in [3.63, 3.8) is 0 Å². The van der Waals surface area contributed by atoms with Gasteiger partial charge in [-0.3, -0.25) is 0 Å². The highest BCUT2D eigenvalue weighted by molar-refractivity contribution is 9.08. The molecule has 1 fully saturated rings. The van der Waals surface area contributed by atoms with Gasteiger partial charge in [0.25, 0.3) is 0 Å². The summed E-state index contributed by atoms with van der Waals surface area (Å²) >= 11 is 3.36. The minimum absolute atomic E-state index is 0.0434. The highest BCUT2D eigenvalue weighted by Crippen LogP contribution is 2.36. The van der Waals surface area contributed by atoms with E-state index in [0.717, 1.165) is 29.3 Å². The van der Waals surface area contributed by atoms with Crippen LogP contribution in [0.2, 0.25) is 0 Å². The van der Waals surface area contributed by atoms with Crippen molar-refractivity contribution in [3.05, 3.63) is 35.9 Å². The molecule has 1 aliphatic carbocycles. The van der Waals surface area contributed by atoms with Gasteiger partial charge in [0.05, 0.1) is 5.52 Å². The van der Waals surface area contributed by atoms with E-state index in [0.29, 0.717) is 11.1 Å². The zero-order chi connectivity index (χ0) is 15.0. The summed E-state index contributed by atoms with van der Waals surface area (Å²) in [6.07, 6.45) is -2.63. The number of rotatable bonds is 4. The van der Waals surface area contributed by atoms with Crippen molar-refractivity contribution in [2.75, 3.05) is 11.4 Å². The molecule has 6 heteroatoms. The molecule has 0 bridgehead atoms. The molecule has 2 aromatic rings. The average molecular weight is 359 g/mol. The lowest BCUT2D eigenvalue weighted by atomic mass is 10.1. The Bertz CT molecular complexity index is 653. The first kappa shape index (κ1) is 14.6. The van der Waals surface area contributed by atoms with Crippen LogP contribution in [-0.4, -0.2) is 23.7 Å². The van der Waals surface area contributed by atoms with Crippen LogP contribution >= 0.6 is 15.9 Å². The Hall–Kier alpha value is -1.30. The molecule has 0 unspecified atom stereocenters. The van der Waals surface area contributed by atoms with Crippen molar-refractivity contribution in [2.45, 2.75) is 30.4 Å². The summed E-state index contributed by atoms with van der Waals surface area (Å²) in [6, 6.07) is 9.36. The third kappa shape index (κ3) is 3.31. The average Bonchev–Trinajstić information content (AvgIpc) is 3.27. The van der Waals surface area contributed by atoms with E-state index in [1.807, 2.05) is 30.3 Å². The monoisotopic (exact) mass is 358 g/mol. The first-order valence-corrected chi connectivity index (χ1v) is 7.88. The van der Waals surface area contributed by atoms with Crippen LogP contribution in [0.5, 0.6) is 0 Å². The van der Waals surface area contributed by atoms with Crippen LogP contribution < -0.4 is 4.90 Å². The lowest BCUT2D eigenvalue weighted by Gasteiger charge is -2.27. The predicted molar refractivity (Wildman–Crippen MR) is 80.8 cm³/mol. The van der Waals surface area contributed by atoms with Crippen molar-refractivity contribution in [2.24, 2.45) is 0 Å². The molecule has 0 N–H and O–H groups in total. The van der Waals surface area contributed by atoms with Gasteiger partial charge in [0.15, 0.2) is 0 Å². The third-order valence-corrected chi connectivity index (χ3v) is 4.14. The zero-order valence-corrected chi connectivity index (χ0v) is 12.8. The topological polar surface area (TPSA) is 16.1 Å². The van der Waals surface area contributed by atoms with Crippen molar-refractivity contribution >= 4 is 32.7 Å². The fourth-order valence-corrected chi connectivity index (χ4v) is 2.87. The van der Waals surface area contributed by atoms with Gasteiger partial charge in [-0.2, -0.15) is 13.2 Å². The lowest BCUT2D eigenvalue weighted by Crippen LogP contribution is -2.37. The Morgan fingerprint density at radius 3 is 2.57 bits per heavy atom. The summed E-state index contributed by atoms with van der Waals surface area (Å²) in [5, 5.41) is 1.43. The van der Waals surface area contributed by atoms with E-state index in [2.05, 4.69) is 20.9 Å². The predicted octanol–water partition coefficient (Wildman–Crippen LogP) is 4.66. The molecular weight excluding hydrogens is 345 g/mol. The van der Waals surface area contributed by atoms with Crippen LogP contribution in [0, 0.1) is 0 Å². The van der Waals surface area contributed by atoms with E-state index >= 15 is 0 Å². The van der Waals surface area contributed by atoms with Gasteiger partial charge < -0.3 is 4.90 Å². The number of aromatic nitrogens is 1. The van der Waals surface area contributed by atoms with E-state index in [-0.39, 0.29) is 6.04 Å². The van der Waals surface area contributed by atoms with Gasteiger partial charge in [-0.1, -0.05) is 34.1 Å². The van der Waals surface area contributed by atoms with Crippen LogP contribution in [0.15, 0.2) is 30.3 Å². The van der Waals surface area contributed by atoms with Crippen LogP contribution in [0.3, 0.4) is 0 Å². The van der Waals surface area contributed by atoms with Gasteiger partial charge in [0.1, 0.15) is 12.4 Å². The van der Waals surface area contributed by atoms with E-state index < -0.39 is 12.7 Å². The fourth-order valence-electron chi connectivity index (χ4n) is 2.45. The van der Waals surface area contributed by atoms with Gasteiger partial charge in [0.2, 0.25) is 0 Å². The first-order valence-electron chi connectivity index (χ1n) is 6.76. The number of hydrogen-bond acceptors (Lipinski definition) is 2. The van der Waals surface area contributed by atoms with Crippen LogP contribution in [-0.2, 0) is 5.33 Å². The molecule has 0 spiro atoms. The molecule has 0 aliphatic heterocycles. The SMILES string of the molecule is FC(F)(F)CN(c1nc2ccccc2cc1CBr)C1CC1. The molecule has 0 atom stereocenters. The first-order chi connectivity index (χ1) is 9.98. The third-order valence-electron chi connectivity index (χ3n) is 3.53. The summed E-state index contributed by atoms with van der Waals surface area (Å²) in [7, 11) is 0. The van der Waals surface area contributed by atoms with Crippen LogP contribution in [0.25, 0.3) is 10.9 Å². The van der Waals surface area contributed by atoms with E-state index in [1.54, 1.807) is 0 Å². The summed E-state index contributed by atoms with van der Waals surface area (Å²) < 4.78 is 38.5. The molecule has 1 heterocycles. The number of para-hydroxylation sites is 1. The second-order valence-electron chi connectivity index (χ2n) is 5.27. The molecular formula is C15H14BrF3N2. The maximum absolute atomic E-state index is 12.8. The summed E-state index contributed by atoms with van der Waals surface area (Å²) in [5.41, 5.74) is 1.52. The largest absolute Gasteiger partial charge is 0.405 e. The number of benzene rings is 1. The molecule has 2 nitrogen and oxygen atoms in total. The van der Waals surface area contributed by atoms with Gasteiger partial charge in [0, 0.05) is 22.3 Å². The van der Waals surface area contributed by atoms with Crippen molar-refractivity contribution in [1.82, 2.24) is 4.98 Å². The van der Waals surface area contributed by atoms with E-state index in [4.69, 9.17) is 0 Å². The molecule has 112 valence electrons. The van der Waals surface area contributed by atoms with E-state index in [9.17, 15) is 13.2 Å². The molecule has 1 saturated carbocycles. The summed E-state index contributed by atoms with van der Waals surface area (Å²) in [4.78, 5) is 5.89. The number of halogens is 4. The number of hydrogen-bond donors (Lipinski definition) is 0. The van der Waals surface area contributed by atoms with Gasteiger partial charge >= 0.3 is 6.18 Å².